The minimum Gasteiger partial charge on any atom is -0.521 e. The first kappa shape index (κ1) is 17.6. The molecule has 1 radical (unpaired) electrons. The molecule has 0 bridgehead atoms. The summed E-state index contributed by atoms with van der Waals surface area (Å²) in [7, 11) is 0. The molecule has 71 valence electrons. The van der Waals surface area contributed by atoms with Crippen molar-refractivity contribution in [1.82, 2.24) is 9.97 Å². The number of unbranched alkanes of at least 4 members (excludes halogenated alkanes) is 1. The summed E-state index contributed by atoms with van der Waals surface area (Å²) in [5.74, 6) is 0. The van der Waals surface area contributed by atoms with E-state index in [0.717, 1.165) is 0 Å². The van der Waals surface area contributed by atoms with Gasteiger partial charge in [0, 0.05) is 20.4 Å². The molecule has 1 aromatic rings. The van der Waals surface area contributed by atoms with Gasteiger partial charge in [-0.3, -0.25) is 6.58 Å². The van der Waals surface area contributed by atoms with Crippen LogP contribution in [0, 0.1) is 13.0 Å². The van der Waals surface area contributed by atoms with Crippen molar-refractivity contribution in [2.24, 2.45) is 0 Å². The van der Waals surface area contributed by atoms with Gasteiger partial charge in [-0.05, 0) is 0 Å². The van der Waals surface area contributed by atoms with Gasteiger partial charge in [0.25, 0.3) is 0 Å². The smallest absolute Gasteiger partial charge is 0 e. The van der Waals surface area contributed by atoms with Crippen molar-refractivity contribution in [3.63, 3.8) is 0 Å². The first-order valence-electron chi connectivity index (χ1n) is 3.47. The normalized spacial score (nSPS) is 6.17. The molecule has 2 nitrogen and oxygen atoms in total. The number of aromatic nitrogens is 2. The fourth-order valence-electron chi connectivity index (χ4n) is 0.192. The van der Waals surface area contributed by atoms with Crippen molar-refractivity contribution in [3.8, 4) is 0 Å². The molecule has 0 aliphatic rings. The van der Waals surface area contributed by atoms with E-state index >= 15 is 0 Å². The van der Waals surface area contributed by atoms with Crippen LogP contribution in [0.5, 0.6) is 0 Å². The monoisotopic (exact) mass is 338 g/mol. The molecule has 0 atom stereocenters. The van der Waals surface area contributed by atoms with Crippen LogP contribution < -0.4 is 4.98 Å². The van der Waals surface area contributed by atoms with E-state index in [1.54, 1.807) is 12.4 Å². The maximum Gasteiger partial charge on any atom is 0 e. The van der Waals surface area contributed by atoms with Crippen molar-refractivity contribution >= 4 is 0 Å². The molecule has 0 amide bonds. The molecule has 0 saturated carbocycles. The van der Waals surface area contributed by atoms with E-state index in [4.69, 9.17) is 0 Å². The average molecular weight is 337 g/mol. The fraction of sp³-hybridized carbons (Fsp3) is 0.333. The molecule has 0 aliphatic carbocycles. The Morgan fingerprint density at radius 1 is 1.58 bits per heavy atom. The van der Waals surface area contributed by atoms with Crippen molar-refractivity contribution in [2.75, 3.05) is 0 Å². The first-order valence-corrected chi connectivity index (χ1v) is 3.47. The van der Waals surface area contributed by atoms with Crippen LogP contribution in [-0.4, -0.2) is 4.98 Å². The van der Waals surface area contributed by atoms with E-state index in [1.807, 2.05) is 0 Å². The fourth-order valence-corrected chi connectivity index (χ4v) is 0.192. The third-order valence-electron chi connectivity index (χ3n) is 0.780. The van der Waals surface area contributed by atoms with Crippen molar-refractivity contribution in [1.29, 1.82) is 0 Å². The maximum absolute atomic E-state index is 4.25. The first-order chi connectivity index (χ1) is 5.41. The standard InChI is InChI=1S/C4H9.C3H3N2.C2H3.Re/c1-3-4-2;1-2-5-3-4-1;1-2;/h3H,4H2,1-2H3;1-3H;1H,2H2;/q3*-1;. The Bertz CT molecular complexity index is 98.9. The molecular weight excluding hydrogens is 322 g/mol. The van der Waals surface area contributed by atoms with E-state index < -0.39 is 0 Å². The Labute approximate surface area is 89.2 Å². The van der Waals surface area contributed by atoms with Crippen LogP contribution in [0.4, 0.5) is 0 Å². The third-order valence-corrected chi connectivity index (χ3v) is 0.780. The van der Waals surface area contributed by atoms with E-state index in [-0.39, 0.29) is 20.4 Å². The number of hydrogen-bond donors (Lipinski definition) is 0. The zero-order chi connectivity index (χ0) is 8.95. The second-order valence-electron chi connectivity index (χ2n) is 1.53. The summed E-state index contributed by atoms with van der Waals surface area (Å²) in [6.45, 7) is 11.2. The van der Waals surface area contributed by atoms with Gasteiger partial charge in [0.15, 0.2) is 0 Å². The van der Waals surface area contributed by atoms with Gasteiger partial charge in [0.2, 0.25) is 0 Å². The summed E-state index contributed by atoms with van der Waals surface area (Å²) in [4.78, 5) is 7.22. The summed E-state index contributed by atoms with van der Waals surface area (Å²) in [5, 5.41) is 0. The van der Waals surface area contributed by atoms with Gasteiger partial charge in [-0.25, -0.2) is 0 Å². The number of hydrogen-bond acceptors (Lipinski definition) is 1. The summed E-state index contributed by atoms with van der Waals surface area (Å²) in [6.07, 6.45) is 8.10. The molecular formula is C9H15N2Re-3. The molecule has 1 rings (SSSR count). The van der Waals surface area contributed by atoms with Crippen LogP contribution in [0.15, 0.2) is 25.3 Å². The second-order valence-corrected chi connectivity index (χ2v) is 1.53. The molecule has 0 N–H and O–H groups in total. The summed E-state index contributed by atoms with van der Waals surface area (Å²) in [5.41, 5.74) is 0. The minimum absolute atomic E-state index is 0. The van der Waals surface area contributed by atoms with Gasteiger partial charge in [-0.2, -0.15) is 13.3 Å². The van der Waals surface area contributed by atoms with Gasteiger partial charge in [0.1, 0.15) is 0 Å². The Morgan fingerprint density at radius 2 is 2.08 bits per heavy atom. The van der Waals surface area contributed by atoms with Gasteiger partial charge < -0.3 is 23.0 Å². The number of imidazole rings is 1. The van der Waals surface area contributed by atoms with Crippen LogP contribution >= 0.6 is 0 Å². The third kappa shape index (κ3) is 22.6. The summed E-state index contributed by atoms with van der Waals surface area (Å²) < 4.78 is 0. The molecule has 0 saturated heterocycles. The van der Waals surface area contributed by atoms with Gasteiger partial charge >= 0.3 is 0 Å². The molecule has 3 heteroatoms. The van der Waals surface area contributed by atoms with E-state index in [2.05, 4.69) is 43.4 Å². The molecule has 0 fully saturated rings. The Hall–Kier alpha value is -0.388. The average Bonchev–Trinajstić information content (AvgIpc) is 2.65. The van der Waals surface area contributed by atoms with E-state index in [9.17, 15) is 0 Å². The topological polar surface area (TPSA) is 27.0 Å². The molecule has 12 heavy (non-hydrogen) atoms. The molecule has 0 aromatic carbocycles. The van der Waals surface area contributed by atoms with Gasteiger partial charge in [0.05, 0.1) is 0 Å². The van der Waals surface area contributed by atoms with Crippen LogP contribution in [-0.2, 0) is 20.4 Å². The van der Waals surface area contributed by atoms with Crippen molar-refractivity contribution in [3.05, 3.63) is 38.3 Å². The SMILES string of the molecule is C[CH-]CC.[CH-]=C.[Re].c1c[n-]cn1. The van der Waals surface area contributed by atoms with Crippen LogP contribution in [0.3, 0.4) is 0 Å². The summed E-state index contributed by atoms with van der Waals surface area (Å²) in [6, 6.07) is 0. The van der Waals surface area contributed by atoms with Crippen molar-refractivity contribution in [2.45, 2.75) is 20.3 Å². The summed E-state index contributed by atoms with van der Waals surface area (Å²) >= 11 is 0. The van der Waals surface area contributed by atoms with E-state index in [1.165, 1.54) is 12.7 Å². The van der Waals surface area contributed by atoms with Gasteiger partial charge in [-0.1, -0.05) is 25.6 Å². The number of rotatable bonds is 1. The van der Waals surface area contributed by atoms with Crippen LogP contribution in [0.1, 0.15) is 20.3 Å². The van der Waals surface area contributed by atoms with Gasteiger partial charge in [-0.15, -0.1) is 0 Å². The largest absolute Gasteiger partial charge is 0.521 e. The number of nitrogens with zero attached hydrogens (tertiary/aromatic N) is 2. The quantitative estimate of drug-likeness (QED) is 0.735. The zero-order valence-electron chi connectivity index (χ0n) is 7.57. The Morgan fingerprint density at radius 3 is 2.17 bits per heavy atom. The maximum atomic E-state index is 4.25. The molecule has 0 aliphatic heterocycles. The molecule has 1 aromatic heterocycles. The zero-order valence-corrected chi connectivity index (χ0v) is 10.3. The molecule has 0 unspecified atom stereocenters. The predicted octanol–water partition coefficient (Wildman–Crippen LogP) is 2.26. The minimum atomic E-state index is 0. The molecule has 1 heterocycles. The van der Waals surface area contributed by atoms with E-state index in [0.29, 0.717) is 0 Å². The second kappa shape index (κ2) is 22.4. The van der Waals surface area contributed by atoms with Crippen molar-refractivity contribution < 1.29 is 20.4 Å². The van der Waals surface area contributed by atoms with Crippen LogP contribution in [0.25, 0.3) is 0 Å². The Balaban J connectivity index is -0.000000107. The Kier molecular flexibility index (Phi) is 33.0. The molecule has 0 spiro atoms. The predicted molar refractivity (Wildman–Crippen MR) is 47.7 cm³/mol. The van der Waals surface area contributed by atoms with Crippen LogP contribution in [0.2, 0.25) is 0 Å².